The molecule has 0 spiro atoms. The first-order chi connectivity index (χ1) is 7.72. The quantitative estimate of drug-likeness (QED) is 0.775. The van der Waals surface area contributed by atoms with Gasteiger partial charge in [0.1, 0.15) is 6.54 Å². The van der Waals surface area contributed by atoms with Gasteiger partial charge < -0.3 is 9.63 Å². The third kappa shape index (κ3) is 1.76. The molecule has 2 heterocycles. The van der Waals surface area contributed by atoms with Gasteiger partial charge in [0, 0.05) is 0 Å². The van der Waals surface area contributed by atoms with Crippen LogP contribution in [0.25, 0.3) is 0 Å². The van der Waals surface area contributed by atoms with Crippen LogP contribution in [0.5, 0.6) is 0 Å². The molecule has 0 fully saturated rings. The number of aromatic nitrogens is 5. The Kier molecular flexibility index (Phi) is 2.63. The molecule has 8 heteroatoms. The minimum Gasteiger partial charge on any atom is -0.476 e. The predicted molar refractivity (Wildman–Crippen MR) is 49.8 cm³/mol. The van der Waals surface area contributed by atoms with Gasteiger partial charge in [-0.2, -0.15) is 4.98 Å². The average molecular weight is 223 g/mol. The normalized spacial score (nSPS) is 10.6. The number of hydrogen-bond acceptors (Lipinski definition) is 6. The highest BCUT2D eigenvalue weighted by atomic mass is 16.5. The van der Waals surface area contributed by atoms with Crippen LogP contribution in [-0.4, -0.2) is 36.2 Å². The standard InChI is InChI=1S/C8H9N5O3/c1-2-5-7(8(14)15)10-12-13(5)3-6-9-4-16-11-6/h4H,2-3H2,1H3,(H,14,15). The number of carboxylic acids is 1. The van der Waals surface area contributed by atoms with Gasteiger partial charge in [-0.15, -0.1) is 5.10 Å². The van der Waals surface area contributed by atoms with Crippen molar-refractivity contribution in [1.29, 1.82) is 0 Å². The van der Waals surface area contributed by atoms with E-state index >= 15 is 0 Å². The van der Waals surface area contributed by atoms with Gasteiger partial charge in [-0.1, -0.05) is 17.3 Å². The Morgan fingerprint density at radius 1 is 1.62 bits per heavy atom. The van der Waals surface area contributed by atoms with Crippen molar-refractivity contribution in [2.45, 2.75) is 19.9 Å². The Morgan fingerprint density at radius 3 is 3.00 bits per heavy atom. The molecule has 2 aromatic rings. The fraction of sp³-hybridized carbons (Fsp3) is 0.375. The minimum absolute atomic E-state index is 0.0361. The topological polar surface area (TPSA) is 107 Å². The summed E-state index contributed by atoms with van der Waals surface area (Å²) < 4.78 is 6.03. The highest BCUT2D eigenvalue weighted by molar-refractivity contribution is 5.86. The van der Waals surface area contributed by atoms with Crippen LogP contribution in [0, 0.1) is 0 Å². The van der Waals surface area contributed by atoms with Crippen molar-refractivity contribution in [3.05, 3.63) is 23.6 Å². The molecule has 0 unspecified atom stereocenters. The van der Waals surface area contributed by atoms with Crippen molar-refractivity contribution in [3.63, 3.8) is 0 Å². The van der Waals surface area contributed by atoms with Crippen molar-refractivity contribution >= 4 is 5.97 Å². The summed E-state index contributed by atoms with van der Waals surface area (Å²) in [6.07, 6.45) is 1.72. The zero-order chi connectivity index (χ0) is 11.5. The molecular weight excluding hydrogens is 214 g/mol. The molecule has 84 valence electrons. The van der Waals surface area contributed by atoms with E-state index in [2.05, 4.69) is 25.0 Å². The van der Waals surface area contributed by atoms with Gasteiger partial charge in [0.05, 0.1) is 5.69 Å². The lowest BCUT2D eigenvalue weighted by molar-refractivity contribution is 0.0689. The Balaban J connectivity index is 2.31. The van der Waals surface area contributed by atoms with Crippen LogP contribution in [0.2, 0.25) is 0 Å². The van der Waals surface area contributed by atoms with E-state index in [1.54, 1.807) is 0 Å². The lowest BCUT2D eigenvalue weighted by Crippen LogP contribution is -2.09. The Hall–Kier alpha value is -2.25. The molecule has 2 aromatic heterocycles. The molecule has 0 bridgehead atoms. The monoisotopic (exact) mass is 223 g/mol. The van der Waals surface area contributed by atoms with Crippen LogP contribution in [0.1, 0.15) is 28.9 Å². The molecule has 0 aromatic carbocycles. The SMILES string of the molecule is CCc1c(C(=O)O)nnn1Cc1ncon1. The summed E-state index contributed by atoms with van der Waals surface area (Å²) in [6, 6.07) is 0. The van der Waals surface area contributed by atoms with Crippen molar-refractivity contribution in [3.8, 4) is 0 Å². The van der Waals surface area contributed by atoms with E-state index in [9.17, 15) is 4.79 Å². The number of carbonyl (C=O) groups is 1. The van der Waals surface area contributed by atoms with E-state index in [1.807, 2.05) is 6.92 Å². The van der Waals surface area contributed by atoms with E-state index in [4.69, 9.17) is 5.11 Å². The molecular formula is C8H9N5O3. The van der Waals surface area contributed by atoms with Gasteiger partial charge in [0.2, 0.25) is 6.39 Å². The highest BCUT2D eigenvalue weighted by Crippen LogP contribution is 2.07. The molecule has 2 rings (SSSR count). The van der Waals surface area contributed by atoms with E-state index in [-0.39, 0.29) is 12.2 Å². The predicted octanol–water partition coefficient (Wildman–Crippen LogP) is -0.0300. The van der Waals surface area contributed by atoms with Crippen molar-refractivity contribution < 1.29 is 14.4 Å². The molecule has 8 nitrogen and oxygen atoms in total. The summed E-state index contributed by atoms with van der Waals surface area (Å²) in [6.45, 7) is 2.08. The first kappa shape index (κ1) is 10.3. The third-order valence-corrected chi connectivity index (χ3v) is 2.07. The first-order valence-electron chi connectivity index (χ1n) is 4.63. The molecule has 0 aliphatic carbocycles. The smallest absolute Gasteiger partial charge is 0.358 e. The van der Waals surface area contributed by atoms with E-state index < -0.39 is 5.97 Å². The van der Waals surface area contributed by atoms with E-state index in [0.29, 0.717) is 17.9 Å². The van der Waals surface area contributed by atoms with Gasteiger partial charge in [-0.25, -0.2) is 9.48 Å². The van der Waals surface area contributed by atoms with E-state index in [1.165, 1.54) is 11.1 Å². The Morgan fingerprint density at radius 2 is 2.44 bits per heavy atom. The summed E-state index contributed by atoms with van der Waals surface area (Å²) in [5, 5.41) is 19.8. The molecule has 0 radical (unpaired) electrons. The summed E-state index contributed by atoms with van der Waals surface area (Å²) in [7, 11) is 0. The van der Waals surface area contributed by atoms with Gasteiger partial charge in [0.15, 0.2) is 11.5 Å². The molecule has 0 atom stereocenters. The van der Waals surface area contributed by atoms with Crippen LogP contribution in [0.15, 0.2) is 10.9 Å². The fourth-order valence-electron chi connectivity index (χ4n) is 1.37. The third-order valence-electron chi connectivity index (χ3n) is 2.07. The fourth-order valence-corrected chi connectivity index (χ4v) is 1.37. The molecule has 0 amide bonds. The lowest BCUT2D eigenvalue weighted by atomic mass is 10.2. The summed E-state index contributed by atoms with van der Waals surface area (Å²) in [5.74, 6) is -0.659. The minimum atomic E-state index is -1.09. The number of nitrogens with zero attached hydrogens (tertiary/aromatic N) is 5. The second-order valence-electron chi connectivity index (χ2n) is 3.05. The van der Waals surface area contributed by atoms with Gasteiger partial charge >= 0.3 is 5.97 Å². The van der Waals surface area contributed by atoms with Crippen LogP contribution in [0.3, 0.4) is 0 Å². The van der Waals surface area contributed by atoms with Gasteiger partial charge in [-0.3, -0.25) is 0 Å². The van der Waals surface area contributed by atoms with Gasteiger partial charge in [-0.05, 0) is 6.42 Å². The number of aromatic carboxylic acids is 1. The van der Waals surface area contributed by atoms with Crippen molar-refractivity contribution in [1.82, 2.24) is 25.1 Å². The zero-order valence-electron chi connectivity index (χ0n) is 8.49. The van der Waals surface area contributed by atoms with Crippen molar-refractivity contribution in [2.75, 3.05) is 0 Å². The molecule has 0 saturated carbocycles. The number of carboxylic acid groups (broad SMARTS) is 1. The van der Waals surface area contributed by atoms with Crippen LogP contribution in [0.4, 0.5) is 0 Å². The van der Waals surface area contributed by atoms with Crippen molar-refractivity contribution in [2.24, 2.45) is 0 Å². The molecule has 0 saturated heterocycles. The Labute approximate surface area is 89.9 Å². The van der Waals surface area contributed by atoms with Crippen LogP contribution >= 0.6 is 0 Å². The summed E-state index contributed by atoms with van der Waals surface area (Å²) in [5.41, 5.74) is 0.503. The average Bonchev–Trinajstić information content (AvgIpc) is 2.87. The zero-order valence-corrected chi connectivity index (χ0v) is 8.49. The maximum Gasteiger partial charge on any atom is 0.358 e. The highest BCUT2D eigenvalue weighted by Gasteiger charge is 2.18. The number of hydrogen-bond donors (Lipinski definition) is 1. The van der Waals surface area contributed by atoms with Crippen LogP contribution < -0.4 is 0 Å². The maximum absolute atomic E-state index is 10.8. The summed E-state index contributed by atoms with van der Waals surface area (Å²) >= 11 is 0. The van der Waals surface area contributed by atoms with Crippen LogP contribution in [-0.2, 0) is 13.0 Å². The second kappa shape index (κ2) is 4.09. The number of rotatable bonds is 4. The summed E-state index contributed by atoms with van der Waals surface area (Å²) in [4.78, 5) is 14.7. The molecule has 1 N–H and O–H groups in total. The largest absolute Gasteiger partial charge is 0.476 e. The first-order valence-corrected chi connectivity index (χ1v) is 4.63. The Bertz CT molecular complexity index is 490. The van der Waals surface area contributed by atoms with E-state index in [0.717, 1.165) is 0 Å². The molecule has 0 aliphatic rings. The molecule has 0 aliphatic heterocycles. The lowest BCUT2D eigenvalue weighted by Gasteiger charge is -2.00. The molecule has 16 heavy (non-hydrogen) atoms. The second-order valence-corrected chi connectivity index (χ2v) is 3.05. The maximum atomic E-state index is 10.8. The van der Waals surface area contributed by atoms with Gasteiger partial charge in [0.25, 0.3) is 0 Å².